The summed E-state index contributed by atoms with van der Waals surface area (Å²) in [4.78, 5) is 12.4. The van der Waals surface area contributed by atoms with Gasteiger partial charge in [0.25, 0.3) is 0 Å². The van der Waals surface area contributed by atoms with E-state index in [4.69, 9.17) is 9.47 Å². The number of ether oxygens (including phenoxy) is 2. The monoisotopic (exact) mass is 277 g/mol. The van der Waals surface area contributed by atoms with Gasteiger partial charge in [-0.1, -0.05) is 0 Å². The van der Waals surface area contributed by atoms with Crippen LogP contribution in [0.5, 0.6) is 11.8 Å². The molecule has 0 aliphatic heterocycles. The predicted molar refractivity (Wildman–Crippen MR) is 73.8 cm³/mol. The molecule has 0 amide bonds. The molecule has 20 heavy (non-hydrogen) atoms. The first kappa shape index (κ1) is 14.3. The molecule has 0 aliphatic rings. The summed E-state index contributed by atoms with van der Waals surface area (Å²) in [5.41, 5.74) is 0.817. The number of rotatable bonds is 7. The minimum Gasteiger partial charge on any atom is -0.481 e. The van der Waals surface area contributed by atoms with Crippen LogP contribution >= 0.6 is 0 Å². The van der Waals surface area contributed by atoms with Crippen LogP contribution in [-0.2, 0) is 20.0 Å². The zero-order valence-electron chi connectivity index (χ0n) is 12.0. The Morgan fingerprint density at radius 2 is 1.85 bits per heavy atom. The molecule has 0 fully saturated rings. The lowest BCUT2D eigenvalue weighted by Crippen LogP contribution is -2.19. The lowest BCUT2D eigenvalue weighted by molar-refractivity contribution is 0.359. The Labute approximate surface area is 118 Å². The van der Waals surface area contributed by atoms with Crippen LogP contribution in [0.15, 0.2) is 18.7 Å². The molecule has 0 saturated carbocycles. The second kappa shape index (κ2) is 6.85. The van der Waals surface area contributed by atoms with Gasteiger partial charge in [0, 0.05) is 39.0 Å². The molecule has 0 spiro atoms. The van der Waals surface area contributed by atoms with E-state index in [0.717, 1.165) is 24.4 Å². The number of aryl methyl sites for hydroxylation is 1. The van der Waals surface area contributed by atoms with Crippen molar-refractivity contribution in [3.05, 3.63) is 30.1 Å². The first-order chi connectivity index (χ1) is 9.76. The number of methoxy groups -OCH3 is 2. The number of imidazole rings is 1. The van der Waals surface area contributed by atoms with E-state index < -0.39 is 0 Å². The van der Waals surface area contributed by atoms with E-state index in [9.17, 15) is 0 Å². The molecule has 1 N–H and O–H groups in total. The van der Waals surface area contributed by atoms with Gasteiger partial charge in [-0.05, 0) is 0 Å². The topological polar surface area (TPSA) is 74.1 Å². The Morgan fingerprint density at radius 1 is 1.15 bits per heavy atom. The number of nitrogens with zero attached hydrogens (tertiary/aromatic N) is 4. The van der Waals surface area contributed by atoms with Crippen molar-refractivity contribution in [1.82, 2.24) is 24.8 Å². The fourth-order valence-corrected chi connectivity index (χ4v) is 1.94. The highest BCUT2D eigenvalue weighted by Gasteiger charge is 2.12. The van der Waals surface area contributed by atoms with E-state index in [2.05, 4.69) is 20.3 Å². The maximum absolute atomic E-state index is 5.22. The van der Waals surface area contributed by atoms with Gasteiger partial charge in [0.2, 0.25) is 11.8 Å². The molecule has 0 atom stereocenters. The molecule has 2 aromatic heterocycles. The summed E-state index contributed by atoms with van der Waals surface area (Å²) in [5, 5.41) is 3.32. The van der Waals surface area contributed by atoms with Crippen LogP contribution in [0.3, 0.4) is 0 Å². The predicted octanol–water partition coefficient (Wildman–Crippen LogP) is 0.560. The third-order valence-corrected chi connectivity index (χ3v) is 3.00. The van der Waals surface area contributed by atoms with Crippen LogP contribution < -0.4 is 14.8 Å². The van der Waals surface area contributed by atoms with E-state index in [-0.39, 0.29) is 0 Å². The molecule has 0 unspecified atom stereocenters. The van der Waals surface area contributed by atoms with Gasteiger partial charge in [-0.3, -0.25) is 0 Å². The van der Waals surface area contributed by atoms with Gasteiger partial charge in [-0.25, -0.2) is 15.0 Å². The third-order valence-electron chi connectivity index (χ3n) is 3.00. The van der Waals surface area contributed by atoms with Crippen molar-refractivity contribution < 1.29 is 9.47 Å². The SMILES string of the molecule is COc1ncnc(OC)c1CNCCc1nccn1C. The van der Waals surface area contributed by atoms with Gasteiger partial charge in [-0.15, -0.1) is 0 Å². The van der Waals surface area contributed by atoms with Gasteiger partial charge in [0.05, 0.1) is 19.8 Å². The van der Waals surface area contributed by atoms with Crippen molar-refractivity contribution in [2.24, 2.45) is 7.05 Å². The standard InChI is InChI=1S/C13H19N5O2/c1-18-7-6-15-11(18)4-5-14-8-10-12(19-2)16-9-17-13(10)20-3/h6-7,9,14H,4-5,8H2,1-3H3. The van der Waals surface area contributed by atoms with Crippen molar-refractivity contribution >= 4 is 0 Å². The zero-order valence-corrected chi connectivity index (χ0v) is 12.0. The van der Waals surface area contributed by atoms with Gasteiger partial charge in [0.1, 0.15) is 12.2 Å². The molecule has 2 aromatic rings. The number of hydrogen-bond donors (Lipinski definition) is 1. The molecule has 0 bridgehead atoms. The molecule has 2 heterocycles. The summed E-state index contributed by atoms with van der Waals surface area (Å²) >= 11 is 0. The molecular formula is C13H19N5O2. The molecule has 7 nitrogen and oxygen atoms in total. The minimum atomic E-state index is 0.529. The highest BCUT2D eigenvalue weighted by Crippen LogP contribution is 2.22. The molecule has 108 valence electrons. The van der Waals surface area contributed by atoms with E-state index >= 15 is 0 Å². The van der Waals surface area contributed by atoms with Crippen LogP contribution in [0, 0.1) is 0 Å². The van der Waals surface area contributed by atoms with Gasteiger partial charge in [0.15, 0.2) is 0 Å². The Balaban J connectivity index is 1.92. The average Bonchev–Trinajstić information content (AvgIpc) is 2.88. The molecule has 0 saturated heterocycles. The first-order valence-electron chi connectivity index (χ1n) is 6.35. The lowest BCUT2D eigenvalue weighted by atomic mass is 10.3. The van der Waals surface area contributed by atoms with E-state index in [1.807, 2.05) is 17.8 Å². The van der Waals surface area contributed by atoms with Crippen LogP contribution in [0.2, 0.25) is 0 Å². The Kier molecular flexibility index (Phi) is 4.89. The highest BCUT2D eigenvalue weighted by atomic mass is 16.5. The minimum absolute atomic E-state index is 0.529. The van der Waals surface area contributed by atoms with E-state index in [0.29, 0.717) is 18.3 Å². The molecule has 0 aliphatic carbocycles. The molecule has 0 radical (unpaired) electrons. The largest absolute Gasteiger partial charge is 0.481 e. The molecular weight excluding hydrogens is 258 g/mol. The fourth-order valence-electron chi connectivity index (χ4n) is 1.94. The van der Waals surface area contributed by atoms with E-state index in [1.165, 1.54) is 6.33 Å². The third kappa shape index (κ3) is 3.24. The number of aromatic nitrogens is 4. The maximum Gasteiger partial charge on any atom is 0.224 e. The van der Waals surface area contributed by atoms with Gasteiger partial charge >= 0.3 is 0 Å². The van der Waals surface area contributed by atoms with Crippen LogP contribution in [0.25, 0.3) is 0 Å². The second-order valence-electron chi connectivity index (χ2n) is 4.25. The van der Waals surface area contributed by atoms with Crippen LogP contribution in [0.1, 0.15) is 11.4 Å². The van der Waals surface area contributed by atoms with Crippen molar-refractivity contribution in [3.8, 4) is 11.8 Å². The Hall–Kier alpha value is -2.15. The zero-order chi connectivity index (χ0) is 14.4. The van der Waals surface area contributed by atoms with Crippen molar-refractivity contribution in [3.63, 3.8) is 0 Å². The van der Waals surface area contributed by atoms with Crippen LogP contribution in [0.4, 0.5) is 0 Å². The van der Waals surface area contributed by atoms with Gasteiger partial charge < -0.3 is 19.4 Å². The Bertz CT molecular complexity index is 533. The first-order valence-corrected chi connectivity index (χ1v) is 6.35. The maximum atomic E-state index is 5.22. The highest BCUT2D eigenvalue weighted by molar-refractivity contribution is 5.34. The summed E-state index contributed by atoms with van der Waals surface area (Å²) in [6, 6.07) is 0. The number of hydrogen-bond acceptors (Lipinski definition) is 6. The molecule has 7 heteroatoms. The number of nitrogens with one attached hydrogen (secondary N) is 1. The molecule has 0 aromatic carbocycles. The summed E-state index contributed by atoms with van der Waals surface area (Å²) < 4.78 is 12.5. The summed E-state index contributed by atoms with van der Waals surface area (Å²) in [6.45, 7) is 1.38. The van der Waals surface area contributed by atoms with Crippen molar-refractivity contribution in [1.29, 1.82) is 0 Å². The quantitative estimate of drug-likeness (QED) is 0.745. The second-order valence-corrected chi connectivity index (χ2v) is 4.25. The smallest absolute Gasteiger partial charge is 0.224 e. The molecule has 2 rings (SSSR count). The fraction of sp³-hybridized carbons (Fsp3) is 0.462. The summed E-state index contributed by atoms with van der Waals surface area (Å²) in [5.74, 6) is 2.10. The Morgan fingerprint density at radius 3 is 2.40 bits per heavy atom. The average molecular weight is 277 g/mol. The lowest BCUT2D eigenvalue weighted by Gasteiger charge is -2.11. The van der Waals surface area contributed by atoms with Crippen LogP contribution in [-0.4, -0.2) is 40.3 Å². The van der Waals surface area contributed by atoms with Crippen molar-refractivity contribution in [2.75, 3.05) is 20.8 Å². The summed E-state index contributed by atoms with van der Waals surface area (Å²) in [7, 11) is 5.15. The van der Waals surface area contributed by atoms with Crippen molar-refractivity contribution in [2.45, 2.75) is 13.0 Å². The normalized spacial score (nSPS) is 10.6. The summed E-state index contributed by atoms with van der Waals surface area (Å²) in [6.07, 6.45) is 6.01. The van der Waals surface area contributed by atoms with E-state index in [1.54, 1.807) is 20.4 Å². The van der Waals surface area contributed by atoms with Gasteiger partial charge in [-0.2, -0.15) is 0 Å².